The summed E-state index contributed by atoms with van der Waals surface area (Å²) >= 11 is 6.06. The first-order valence-electron chi connectivity index (χ1n) is 9.56. The number of carbonyl (C=O) groups is 1. The van der Waals surface area contributed by atoms with Crippen molar-refractivity contribution in [3.8, 4) is 0 Å². The van der Waals surface area contributed by atoms with Gasteiger partial charge in [-0.15, -0.1) is 0 Å². The zero-order chi connectivity index (χ0) is 21.3. The molecular formula is C22H21ClN2O4S. The molecule has 2 aromatic carbocycles. The summed E-state index contributed by atoms with van der Waals surface area (Å²) in [5.74, 6) is -0.289. The molecule has 0 radical (unpaired) electrons. The second kappa shape index (κ2) is 8.16. The van der Waals surface area contributed by atoms with Gasteiger partial charge < -0.3 is 14.2 Å². The minimum Gasteiger partial charge on any atom is -0.439 e. The summed E-state index contributed by atoms with van der Waals surface area (Å²) in [6.45, 7) is 4.20. The highest BCUT2D eigenvalue weighted by molar-refractivity contribution is 7.91. The van der Waals surface area contributed by atoms with Gasteiger partial charge in [0, 0.05) is 36.9 Å². The van der Waals surface area contributed by atoms with E-state index in [1.165, 1.54) is 24.3 Å². The number of piperazine rings is 1. The van der Waals surface area contributed by atoms with Gasteiger partial charge in [-0.2, -0.15) is 0 Å². The van der Waals surface area contributed by atoms with E-state index in [2.05, 4.69) is 4.90 Å². The number of hydrogen-bond donors (Lipinski definition) is 0. The van der Waals surface area contributed by atoms with E-state index in [1.54, 1.807) is 17.0 Å². The van der Waals surface area contributed by atoms with Crippen molar-refractivity contribution >= 4 is 33.0 Å². The number of nitrogens with zero attached hydrogens (tertiary/aromatic N) is 2. The molecule has 1 aliphatic rings. The van der Waals surface area contributed by atoms with Crippen molar-refractivity contribution in [2.75, 3.05) is 31.1 Å². The van der Waals surface area contributed by atoms with Crippen LogP contribution in [0.15, 0.2) is 75.1 Å². The molecule has 1 aliphatic heterocycles. The summed E-state index contributed by atoms with van der Waals surface area (Å²) in [5, 5.41) is 0.441. The van der Waals surface area contributed by atoms with E-state index in [0.29, 0.717) is 31.2 Å². The van der Waals surface area contributed by atoms with Gasteiger partial charge in [-0.3, -0.25) is 4.79 Å². The Hall–Kier alpha value is -2.77. The summed E-state index contributed by atoms with van der Waals surface area (Å²) in [7, 11) is -3.81. The lowest BCUT2D eigenvalue weighted by Crippen LogP contribution is -2.48. The Bertz CT molecular complexity index is 1160. The number of halogens is 1. The molecular weight excluding hydrogens is 424 g/mol. The number of benzene rings is 2. The minimum absolute atomic E-state index is 0.0249. The topological polar surface area (TPSA) is 70.8 Å². The van der Waals surface area contributed by atoms with Crippen LogP contribution >= 0.6 is 11.6 Å². The van der Waals surface area contributed by atoms with Crippen molar-refractivity contribution in [2.24, 2.45) is 0 Å². The number of amides is 1. The molecule has 1 aromatic heterocycles. The van der Waals surface area contributed by atoms with Crippen molar-refractivity contribution < 1.29 is 17.6 Å². The fourth-order valence-electron chi connectivity index (χ4n) is 3.41. The summed E-state index contributed by atoms with van der Waals surface area (Å²) in [6, 6.07) is 16.9. The molecule has 0 saturated carbocycles. The van der Waals surface area contributed by atoms with Crippen LogP contribution < -0.4 is 4.90 Å². The quantitative estimate of drug-likeness (QED) is 0.607. The molecule has 0 aliphatic carbocycles. The zero-order valence-corrected chi connectivity index (χ0v) is 18.0. The second-order valence-electron chi connectivity index (χ2n) is 7.19. The highest BCUT2D eigenvalue weighted by Gasteiger charge is 2.27. The first-order chi connectivity index (χ1) is 14.3. The third kappa shape index (κ3) is 4.08. The average molecular weight is 445 g/mol. The molecule has 2 heterocycles. The molecule has 3 aromatic rings. The molecule has 4 rings (SSSR count). The molecule has 0 atom stereocenters. The number of furan rings is 1. The van der Waals surface area contributed by atoms with Crippen molar-refractivity contribution in [3.05, 3.63) is 77.0 Å². The standard InChI is InChI=1S/C22H21ClN2O4S/c1-16-5-7-19(8-6-16)30(27,28)21-10-9-20(29-21)22(26)25-13-11-24(12-14-25)18-4-2-3-17(23)15-18/h2-10,15H,11-14H2,1H3. The Kier molecular flexibility index (Phi) is 5.58. The fourth-order valence-corrected chi connectivity index (χ4v) is 4.77. The SMILES string of the molecule is Cc1ccc(S(=O)(=O)c2ccc(C(=O)N3CCN(c4cccc(Cl)c4)CC3)o2)cc1. The second-order valence-corrected chi connectivity index (χ2v) is 9.51. The third-order valence-corrected chi connectivity index (χ3v) is 7.01. The normalized spacial score (nSPS) is 14.7. The van der Waals surface area contributed by atoms with Crippen molar-refractivity contribution in [1.29, 1.82) is 0 Å². The van der Waals surface area contributed by atoms with Gasteiger partial charge in [0.1, 0.15) is 0 Å². The predicted octanol–water partition coefficient (Wildman–Crippen LogP) is 4.04. The van der Waals surface area contributed by atoms with Gasteiger partial charge in [0.25, 0.3) is 5.91 Å². The van der Waals surface area contributed by atoms with Gasteiger partial charge in [-0.1, -0.05) is 35.4 Å². The molecule has 156 valence electrons. The number of hydrogen-bond acceptors (Lipinski definition) is 5. The molecule has 6 nitrogen and oxygen atoms in total. The molecule has 0 bridgehead atoms. The van der Waals surface area contributed by atoms with E-state index >= 15 is 0 Å². The van der Waals surface area contributed by atoms with Crippen molar-refractivity contribution in [3.63, 3.8) is 0 Å². The summed E-state index contributed by atoms with van der Waals surface area (Å²) in [6.07, 6.45) is 0. The van der Waals surface area contributed by atoms with E-state index in [4.69, 9.17) is 16.0 Å². The Morgan fingerprint density at radius 3 is 2.33 bits per heavy atom. The Morgan fingerprint density at radius 2 is 1.67 bits per heavy atom. The van der Waals surface area contributed by atoms with Crippen LogP contribution in [0.5, 0.6) is 0 Å². The highest BCUT2D eigenvalue weighted by atomic mass is 35.5. The van der Waals surface area contributed by atoms with Gasteiger partial charge in [-0.25, -0.2) is 8.42 Å². The van der Waals surface area contributed by atoms with E-state index < -0.39 is 9.84 Å². The van der Waals surface area contributed by atoms with Crippen LogP contribution in [0.1, 0.15) is 16.1 Å². The van der Waals surface area contributed by atoms with Gasteiger partial charge >= 0.3 is 0 Å². The Balaban J connectivity index is 1.45. The summed E-state index contributed by atoms with van der Waals surface area (Å²) in [5.41, 5.74) is 1.97. The van der Waals surface area contributed by atoms with Gasteiger partial charge in [0.2, 0.25) is 14.9 Å². The molecule has 1 saturated heterocycles. The number of rotatable bonds is 4. The van der Waals surface area contributed by atoms with Crippen molar-refractivity contribution in [2.45, 2.75) is 16.9 Å². The Morgan fingerprint density at radius 1 is 0.967 bits per heavy atom. The zero-order valence-electron chi connectivity index (χ0n) is 16.4. The Labute approximate surface area is 180 Å². The molecule has 0 unspecified atom stereocenters. The van der Waals surface area contributed by atoms with Gasteiger partial charge in [-0.05, 0) is 49.4 Å². The smallest absolute Gasteiger partial charge is 0.289 e. The van der Waals surface area contributed by atoms with E-state index in [0.717, 1.165) is 11.3 Å². The van der Waals surface area contributed by atoms with E-state index in [9.17, 15) is 13.2 Å². The molecule has 1 fully saturated rings. The average Bonchev–Trinajstić information content (AvgIpc) is 3.25. The number of carbonyl (C=O) groups excluding carboxylic acids is 1. The van der Waals surface area contributed by atoms with Gasteiger partial charge in [0.15, 0.2) is 5.76 Å². The van der Waals surface area contributed by atoms with Crippen LogP contribution in [-0.2, 0) is 9.84 Å². The minimum atomic E-state index is -3.81. The van der Waals surface area contributed by atoms with Crippen LogP contribution in [0.4, 0.5) is 5.69 Å². The summed E-state index contributed by atoms with van der Waals surface area (Å²) < 4.78 is 31.0. The number of aryl methyl sites for hydroxylation is 1. The van der Waals surface area contributed by atoms with E-state index in [-0.39, 0.29) is 21.7 Å². The van der Waals surface area contributed by atoms with E-state index in [1.807, 2.05) is 31.2 Å². The molecule has 8 heteroatoms. The largest absolute Gasteiger partial charge is 0.439 e. The maximum absolute atomic E-state index is 12.8. The van der Waals surface area contributed by atoms with Crippen LogP contribution in [0, 0.1) is 6.92 Å². The third-order valence-electron chi connectivity index (χ3n) is 5.13. The van der Waals surface area contributed by atoms with Crippen LogP contribution in [0.2, 0.25) is 5.02 Å². The number of sulfone groups is 1. The molecule has 1 amide bonds. The first-order valence-corrected chi connectivity index (χ1v) is 11.4. The predicted molar refractivity (Wildman–Crippen MR) is 115 cm³/mol. The van der Waals surface area contributed by atoms with Crippen LogP contribution in [0.25, 0.3) is 0 Å². The lowest BCUT2D eigenvalue weighted by molar-refractivity contribution is 0.0709. The fraction of sp³-hybridized carbons (Fsp3) is 0.227. The lowest BCUT2D eigenvalue weighted by Gasteiger charge is -2.35. The maximum Gasteiger partial charge on any atom is 0.289 e. The summed E-state index contributed by atoms with van der Waals surface area (Å²) in [4.78, 5) is 16.8. The lowest BCUT2D eigenvalue weighted by atomic mass is 10.2. The molecule has 0 N–H and O–H groups in total. The van der Waals surface area contributed by atoms with Crippen LogP contribution in [0.3, 0.4) is 0 Å². The molecule has 30 heavy (non-hydrogen) atoms. The van der Waals surface area contributed by atoms with Crippen molar-refractivity contribution in [1.82, 2.24) is 4.90 Å². The number of anilines is 1. The monoisotopic (exact) mass is 444 g/mol. The maximum atomic E-state index is 12.8. The van der Waals surface area contributed by atoms with Crippen LogP contribution in [-0.4, -0.2) is 45.4 Å². The highest BCUT2D eigenvalue weighted by Crippen LogP contribution is 2.25. The first kappa shape index (κ1) is 20.5. The molecule has 0 spiro atoms. The van der Waals surface area contributed by atoms with Gasteiger partial charge in [0.05, 0.1) is 4.90 Å².